The Morgan fingerprint density at radius 2 is 2.06 bits per heavy atom. The number of carbonyl (C=O) groups is 1. The lowest BCUT2D eigenvalue weighted by molar-refractivity contribution is -0.384. The second-order valence-electron chi connectivity index (χ2n) is 3.72. The third kappa shape index (κ3) is 1.20. The van der Waals surface area contributed by atoms with E-state index in [1.165, 1.54) is 12.1 Å². The van der Waals surface area contributed by atoms with Crippen molar-refractivity contribution in [3.05, 3.63) is 33.9 Å². The number of hydrogen-bond donors (Lipinski definition) is 1. The normalized spacial score (nSPS) is 20.4. The summed E-state index contributed by atoms with van der Waals surface area (Å²) < 4.78 is 10.6. The van der Waals surface area contributed by atoms with E-state index in [2.05, 4.69) is 5.32 Å². The van der Waals surface area contributed by atoms with Crippen molar-refractivity contribution >= 4 is 17.3 Å². The summed E-state index contributed by atoms with van der Waals surface area (Å²) in [5.41, 5.74) is 0.366. The summed E-state index contributed by atoms with van der Waals surface area (Å²) >= 11 is 0. The predicted molar refractivity (Wildman–Crippen MR) is 55.3 cm³/mol. The van der Waals surface area contributed by atoms with Crippen LogP contribution in [0.5, 0.6) is 0 Å². The van der Waals surface area contributed by atoms with E-state index in [9.17, 15) is 14.9 Å². The minimum absolute atomic E-state index is 0.157. The number of amides is 1. The molecular weight excluding hydrogens is 228 g/mol. The molecule has 3 rings (SSSR count). The van der Waals surface area contributed by atoms with Crippen LogP contribution in [0.3, 0.4) is 0 Å². The highest BCUT2D eigenvalue weighted by molar-refractivity contribution is 6.06. The molecule has 0 atom stereocenters. The van der Waals surface area contributed by atoms with Crippen molar-refractivity contribution in [1.82, 2.24) is 0 Å². The molecule has 1 amide bonds. The van der Waals surface area contributed by atoms with Gasteiger partial charge in [-0.2, -0.15) is 0 Å². The fraction of sp³-hybridized carbons (Fsp3) is 0.300. The van der Waals surface area contributed by atoms with Crippen LogP contribution in [-0.2, 0) is 20.1 Å². The van der Waals surface area contributed by atoms with Gasteiger partial charge < -0.3 is 14.8 Å². The van der Waals surface area contributed by atoms with Crippen molar-refractivity contribution in [3.8, 4) is 0 Å². The Hall–Kier alpha value is -1.99. The van der Waals surface area contributed by atoms with Crippen LogP contribution in [0.4, 0.5) is 11.4 Å². The van der Waals surface area contributed by atoms with Gasteiger partial charge in [-0.05, 0) is 0 Å². The largest absolute Gasteiger partial charge is 0.336 e. The van der Waals surface area contributed by atoms with Gasteiger partial charge in [-0.15, -0.1) is 0 Å². The summed E-state index contributed by atoms with van der Waals surface area (Å²) in [6.45, 7) is 0.575. The van der Waals surface area contributed by atoms with E-state index in [1.807, 2.05) is 0 Å². The number of carbonyl (C=O) groups excluding carboxylic acids is 1. The number of ether oxygens (including phenoxy) is 2. The van der Waals surface area contributed by atoms with E-state index in [4.69, 9.17) is 9.47 Å². The SMILES string of the molecule is O=C1Nc2c([N+](=O)[O-])cccc2C12OCCO2. The van der Waals surface area contributed by atoms with Crippen LogP contribution < -0.4 is 5.32 Å². The van der Waals surface area contributed by atoms with Crippen LogP contribution in [0.15, 0.2) is 18.2 Å². The highest BCUT2D eigenvalue weighted by Gasteiger charge is 2.54. The van der Waals surface area contributed by atoms with Crippen molar-refractivity contribution in [2.45, 2.75) is 5.79 Å². The average molecular weight is 236 g/mol. The lowest BCUT2D eigenvalue weighted by Crippen LogP contribution is -2.35. The number of fused-ring (bicyclic) bond motifs is 2. The van der Waals surface area contributed by atoms with Gasteiger partial charge in [0.15, 0.2) is 0 Å². The Morgan fingerprint density at radius 3 is 2.71 bits per heavy atom. The van der Waals surface area contributed by atoms with Crippen molar-refractivity contribution < 1.29 is 19.2 Å². The number of hydrogen-bond acceptors (Lipinski definition) is 5. The van der Waals surface area contributed by atoms with Crippen molar-refractivity contribution in [1.29, 1.82) is 0 Å². The molecule has 17 heavy (non-hydrogen) atoms. The van der Waals surface area contributed by atoms with Crippen LogP contribution in [0.1, 0.15) is 5.56 Å². The molecular formula is C10H8N2O5. The molecule has 2 aliphatic heterocycles. The maximum atomic E-state index is 11.8. The Morgan fingerprint density at radius 1 is 1.35 bits per heavy atom. The van der Waals surface area contributed by atoms with E-state index >= 15 is 0 Å². The highest BCUT2D eigenvalue weighted by Crippen LogP contribution is 2.45. The van der Waals surface area contributed by atoms with Crippen molar-refractivity contribution in [2.24, 2.45) is 0 Å². The van der Waals surface area contributed by atoms with Gasteiger partial charge in [0.1, 0.15) is 5.69 Å². The van der Waals surface area contributed by atoms with Crippen LogP contribution in [-0.4, -0.2) is 24.0 Å². The average Bonchev–Trinajstić information content (AvgIpc) is 2.88. The van der Waals surface area contributed by atoms with Crippen LogP contribution in [0.25, 0.3) is 0 Å². The van der Waals surface area contributed by atoms with Crippen molar-refractivity contribution in [3.63, 3.8) is 0 Å². The lowest BCUT2D eigenvalue weighted by Gasteiger charge is -2.18. The molecule has 1 fully saturated rings. The van der Waals surface area contributed by atoms with Crippen molar-refractivity contribution in [2.75, 3.05) is 18.5 Å². The first-order valence-corrected chi connectivity index (χ1v) is 5.02. The molecule has 0 radical (unpaired) electrons. The monoisotopic (exact) mass is 236 g/mol. The quantitative estimate of drug-likeness (QED) is 0.573. The molecule has 0 aromatic heterocycles. The summed E-state index contributed by atoms with van der Waals surface area (Å²) in [7, 11) is 0. The zero-order chi connectivity index (χ0) is 12.0. The minimum Gasteiger partial charge on any atom is -0.336 e. The molecule has 7 nitrogen and oxygen atoms in total. The summed E-state index contributed by atoms with van der Waals surface area (Å²) in [4.78, 5) is 22.1. The van der Waals surface area contributed by atoms with E-state index in [1.54, 1.807) is 6.07 Å². The smallest absolute Gasteiger partial charge is 0.293 e. The third-order valence-corrected chi connectivity index (χ3v) is 2.83. The predicted octanol–water partition coefficient (Wildman–Crippen LogP) is 0.746. The van der Waals surface area contributed by atoms with E-state index in [0.717, 1.165) is 0 Å². The number of para-hydroxylation sites is 1. The fourth-order valence-corrected chi connectivity index (χ4v) is 2.12. The summed E-state index contributed by atoms with van der Waals surface area (Å²) in [5, 5.41) is 13.3. The number of nitro benzene ring substituents is 1. The Balaban J connectivity index is 2.21. The number of nitrogens with one attached hydrogen (secondary N) is 1. The first-order chi connectivity index (χ1) is 8.15. The van der Waals surface area contributed by atoms with Gasteiger partial charge in [0.05, 0.1) is 23.7 Å². The molecule has 1 N–H and O–H groups in total. The van der Waals surface area contributed by atoms with Gasteiger partial charge in [-0.1, -0.05) is 12.1 Å². The maximum absolute atomic E-state index is 11.8. The number of benzene rings is 1. The molecule has 1 spiro atoms. The Bertz CT molecular complexity index is 521. The van der Waals surface area contributed by atoms with Crippen LogP contribution >= 0.6 is 0 Å². The standard InChI is InChI=1S/C10H8N2O5/c13-9-10(16-4-5-17-10)6-2-1-3-7(12(14)15)8(6)11-9/h1-3H,4-5H2,(H,11,13). The summed E-state index contributed by atoms with van der Waals surface area (Å²) in [6, 6.07) is 4.42. The van der Waals surface area contributed by atoms with E-state index < -0.39 is 16.6 Å². The molecule has 2 heterocycles. The number of anilines is 1. The molecule has 2 aliphatic rings. The van der Waals surface area contributed by atoms with Gasteiger partial charge in [0.2, 0.25) is 0 Å². The van der Waals surface area contributed by atoms with Crippen LogP contribution in [0, 0.1) is 10.1 Å². The van der Waals surface area contributed by atoms with Gasteiger partial charge in [0, 0.05) is 6.07 Å². The molecule has 1 saturated heterocycles. The topological polar surface area (TPSA) is 90.7 Å². The minimum atomic E-state index is -1.50. The van der Waals surface area contributed by atoms with Gasteiger partial charge >= 0.3 is 0 Å². The zero-order valence-corrected chi connectivity index (χ0v) is 8.63. The second kappa shape index (κ2) is 3.25. The fourth-order valence-electron chi connectivity index (χ4n) is 2.12. The molecule has 0 saturated carbocycles. The molecule has 1 aromatic rings. The maximum Gasteiger partial charge on any atom is 0.293 e. The van der Waals surface area contributed by atoms with Crippen LogP contribution in [0.2, 0.25) is 0 Å². The highest BCUT2D eigenvalue weighted by atomic mass is 16.7. The zero-order valence-electron chi connectivity index (χ0n) is 8.63. The molecule has 7 heteroatoms. The molecule has 88 valence electrons. The van der Waals surface area contributed by atoms with Gasteiger partial charge in [-0.25, -0.2) is 0 Å². The second-order valence-corrected chi connectivity index (χ2v) is 3.72. The van der Waals surface area contributed by atoms with E-state index in [-0.39, 0.29) is 24.6 Å². The molecule has 0 unspecified atom stereocenters. The molecule has 0 aliphatic carbocycles. The number of rotatable bonds is 1. The van der Waals surface area contributed by atoms with Gasteiger partial charge in [-0.3, -0.25) is 14.9 Å². The summed E-state index contributed by atoms with van der Waals surface area (Å²) in [5.74, 6) is -2.01. The van der Waals surface area contributed by atoms with Gasteiger partial charge in [0.25, 0.3) is 17.4 Å². The third-order valence-electron chi connectivity index (χ3n) is 2.83. The molecule has 1 aromatic carbocycles. The Labute approximate surface area is 95.5 Å². The lowest BCUT2D eigenvalue weighted by atomic mass is 10.1. The molecule has 0 bridgehead atoms. The van der Waals surface area contributed by atoms with E-state index in [0.29, 0.717) is 5.56 Å². The number of nitrogens with zero attached hydrogens (tertiary/aromatic N) is 1. The first kappa shape index (κ1) is 10.2. The number of nitro groups is 1. The summed E-state index contributed by atoms with van der Waals surface area (Å²) in [6.07, 6.45) is 0. The Kier molecular flexibility index (Phi) is 1.95. The first-order valence-electron chi connectivity index (χ1n) is 5.02.